The normalized spacial score (nSPS) is 14.0. The summed E-state index contributed by atoms with van der Waals surface area (Å²) in [6, 6.07) is 11.0. The van der Waals surface area contributed by atoms with Gasteiger partial charge in [0.2, 0.25) is 0 Å². The summed E-state index contributed by atoms with van der Waals surface area (Å²) in [6.45, 7) is 3.61. The van der Waals surface area contributed by atoms with Gasteiger partial charge in [0.05, 0.1) is 12.6 Å². The number of amides is 1. The number of hydrogen-bond donors (Lipinski definition) is 0. The fourth-order valence-electron chi connectivity index (χ4n) is 3.32. The highest BCUT2D eigenvalue weighted by Crippen LogP contribution is 2.34. The number of oxazole rings is 1. The lowest BCUT2D eigenvalue weighted by molar-refractivity contribution is 0.0742. The van der Waals surface area contributed by atoms with Crippen molar-refractivity contribution in [1.29, 1.82) is 0 Å². The number of fused-ring (bicyclic) bond motifs is 2. The number of ether oxygens (including phenoxy) is 3. The molecular formula is C22H24N2O5. The first-order chi connectivity index (χ1) is 14.1. The maximum atomic E-state index is 13.1. The lowest BCUT2D eigenvalue weighted by atomic mass is 10.0. The summed E-state index contributed by atoms with van der Waals surface area (Å²) in [5.41, 5.74) is 2.86. The highest BCUT2D eigenvalue weighted by Gasteiger charge is 2.22. The number of rotatable bonds is 6. The summed E-state index contributed by atoms with van der Waals surface area (Å²) in [5.74, 6) is 1.96. The summed E-state index contributed by atoms with van der Waals surface area (Å²) >= 11 is 0. The average molecular weight is 396 g/mol. The molecular weight excluding hydrogens is 372 g/mol. The van der Waals surface area contributed by atoms with Gasteiger partial charge in [0.15, 0.2) is 23.0 Å². The summed E-state index contributed by atoms with van der Waals surface area (Å²) in [5, 5.41) is 0. The van der Waals surface area contributed by atoms with E-state index in [0.29, 0.717) is 49.0 Å². The molecule has 0 saturated carbocycles. The van der Waals surface area contributed by atoms with E-state index in [9.17, 15) is 4.79 Å². The minimum absolute atomic E-state index is 0.0934. The third-order valence-electron chi connectivity index (χ3n) is 5.15. The molecule has 2 heterocycles. The standard InChI is InChI=1S/C22H24N2O5/c1-14(15-5-7-18-20(12-15)28-11-10-27-18)24(2)22(25)16-4-6-17-19(13-16)29-21(23-17)8-9-26-3/h4-7,12-14H,8-11H2,1-3H3. The molecule has 1 unspecified atom stereocenters. The van der Waals surface area contributed by atoms with Gasteiger partial charge < -0.3 is 23.5 Å². The minimum Gasteiger partial charge on any atom is -0.486 e. The molecule has 1 amide bonds. The first kappa shape index (κ1) is 19.3. The van der Waals surface area contributed by atoms with Crippen molar-refractivity contribution in [1.82, 2.24) is 9.88 Å². The van der Waals surface area contributed by atoms with Crippen molar-refractivity contribution < 1.29 is 23.4 Å². The molecule has 0 N–H and O–H groups in total. The van der Waals surface area contributed by atoms with Crippen molar-refractivity contribution in [3.05, 3.63) is 53.4 Å². The largest absolute Gasteiger partial charge is 0.486 e. The Balaban J connectivity index is 1.53. The molecule has 2 aromatic carbocycles. The van der Waals surface area contributed by atoms with Crippen LogP contribution in [0.4, 0.5) is 0 Å². The Morgan fingerprint density at radius 1 is 1.17 bits per heavy atom. The van der Waals surface area contributed by atoms with Crippen LogP contribution in [0, 0.1) is 0 Å². The van der Waals surface area contributed by atoms with Gasteiger partial charge in [0, 0.05) is 26.1 Å². The fourth-order valence-corrected chi connectivity index (χ4v) is 3.32. The van der Waals surface area contributed by atoms with Gasteiger partial charge in [-0.2, -0.15) is 0 Å². The predicted molar refractivity (Wildman–Crippen MR) is 108 cm³/mol. The zero-order chi connectivity index (χ0) is 20.4. The van der Waals surface area contributed by atoms with Crippen LogP contribution in [0.5, 0.6) is 11.5 Å². The van der Waals surface area contributed by atoms with E-state index >= 15 is 0 Å². The van der Waals surface area contributed by atoms with E-state index in [4.69, 9.17) is 18.6 Å². The Labute approximate surface area is 169 Å². The quantitative estimate of drug-likeness (QED) is 0.634. The van der Waals surface area contributed by atoms with Crippen LogP contribution in [0.25, 0.3) is 11.1 Å². The molecule has 1 aliphatic heterocycles. The molecule has 0 saturated heterocycles. The topological polar surface area (TPSA) is 74.0 Å². The van der Waals surface area contributed by atoms with Crippen LogP contribution < -0.4 is 9.47 Å². The van der Waals surface area contributed by atoms with Crippen molar-refractivity contribution in [3.63, 3.8) is 0 Å². The van der Waals surface area contributed by atoms with E-state index in [0.717, 1.165) is 16.8 Å². The van der Waals surface area contributed by atoms with Crippen LogP contribution in [0.1, 0.15) is 34.8 Å². The SMILES string of the molecule is COCCc1nc2ccc(C(=O)N(C)C(C)c3ccc4c(c3)OCCO4)cc2o1. The molecule has 0 fully saturated rings. The number of hydrogen-bond acceptors (Lipinski definition) is 6. The molecule has 1 atom stereocenters. The second-order valence-corrected chi connectivity index (χ2v) is 7.03. The highest BCUT2D eigenvalue weighted by atomic mass is 16.6. The summed E-state index contributed by atoms with van der Waals surface area (Å²) < 4.78 is 22.1. The predicted octanol–water partition coefficient (Wildman–Crippen LogP) is 3.62. The maximum Gasteiger partial charge on any atom is 0.254 e. The molecule has 4 rings (SSSR count). The van der Waals surface area contributed by atoms with Gasteiger partial charge in [-0.25, -0.2) is 4.98 Å². The number of carbonyl (C=O) groups is 1. The molecule has 7 nitrogen and oxygen atoms in total. The molecule has 3 aromatic rings. The summed E-state index contributed by atoms with van der Waals surface area (Å²) in [7, 11) is 3.43. The van der Waals surface area contributed by atoms with E-state index < -0.39 is 0 Å². The van der Waals surface area contributed by atoms with Crippen molar-refractivity contribution in [3.8, 4) is 11.5 Å². The van der Waals surface area contributed by atoms with Gasteiger partial charge in [0.1, 0.15) is 18.7 Å². The van der Waals surface area contributed by atoms with Gasteiger partial charge in [0.25, 0.3) is 5.91 Å². The van der Waals surface area contributed by atoms with Crippen LogP contribution in [-0.4, -0.2) is 49.8 Å². The highest BCUT2D eigenvalue weighted by molar-refractivity contribution is 5.97. The number of benzene rings is 2. The molecule has 0 bridgehead atoms. The van der Waals surface area contributed by atoms with E-state index in [1.54, 1.807) is 31.2 Å². The zero-order valence-electron chi connectivity index (χ0n) is 16.8. The Hall–Kier alpha value is -3.06. The fraction of sp³-hybridized carbons (Fsp3) is 0.364. The third-order valence-corrected chi connectivity index (χ3v) is 5.15. The molecule has 0 spiro atoms. The Morgan fingerprint density at radius 3 is 2.76 bits per heavy atom. The third kappa shape index (κ3) is 3.91. The summed E-state index contributed by atoms with van der Waals surface area (Å²) in [6.07, 6.45) is 0.593. The van der Waals surface area contributed by atoms with Crippen LogP contribution in [0.15, 0.2) is 40.8 Å². The molecule has 29 heavy (non-hydrogen) atoms. The van der Waals surface area contributed by atoms with Gasteiger partial charge in [-0.3, -0.25) is 4.79 Å². The molecule has 152 valence electrons. The van der Waals surface area contributed by atoms with Gasteiger partial charge >= 0.3 is 0 Å². The van der Waals surface area contributed by atoms with Gasteiger partial charge in [-0.1, -0.05) is 6.07 Å². The smallest absolute Gasteiger partial charge is 0.254 e. The number of nitrogens with zero attached hydrogens (tertiary/aromatic N) is 2. The first-order valence-corrected chi connectivity index (χ1v) is 9.62. The zero-order valence-corrected chi connectivity index (χ0v) is 16.8. The summed E-state index contributed by atoms with van der Waals surface area (Å²) in [4.78, 5) is 19.2. The van der Waals surface area contributed by atoms with E-state index in [1.807, 2.05) is 31.2 Å². The van der Waals surface area contributed by atoms with Gasteiger partial charge in [-0.15, -0.1) is 0 Å². The minimum atomic E-state index is -0.138. The van der Waals surface area contributed by atoms with Crippen molar-refractivity contribution in [2.75, 3.05) is 34.0 Å². The van der Waals surface area contributed by atoms with Crippen LogP contribution >= 0.6 is 0 Å². The molecule has 0 aliphatic carbocycles. The van der Waals surface area contributed by atoms with Crippen LogP contribution in [0.3, 0.4) is 0 Å². The Morgan fingerprint density at radius 2 is 1.97 bits per heavy atom. The van der Waals surface area contributed by atoms with Crippen molar-refractivity contribution >= 4 is 17.0 Å². The van der Waals surface area contributed by atoms with Gasteiger partial charge in [-0.05, 0) is 42.8 Å². The molecule has 1 aromatic heterocycles. The van der Waals surface area contributed by atoms with Crippen molar-refractivity contribution in [2.24, 2.45) is 0 Å². The van der Waals surface area contributed by atoms with Crippen LogP contribution in [-0.2, 0) is 11.2 Å². The first-order valence-electron chi connectivity index (χ1n) is 9.62. The molecule has 7 heteroatoms. The van der Waals surface area contributed by atoms with E-state index in [-0.39, 0.29) is 11.9 Å². The molecule has 0 radical (unpaired) electrons. The maximum absolute atomic E-state index is 13.1. The lowest BCUT2D eigenvalue weighted by Crippen LogP contribution is -2.29. The lowest BCUT2D eigenvalue weighted by Gasteiger charge is -2.27. The van der Waals surface area contributed by atoms with Crippen LogP contribution in [0.2, 0.25) is 0 Å². The van der Waals surface area contributed by atoms with E-state index in [1.165, 1.54) is 0 Å². The average Bonchev–Trinajstić information content (AvgIpc) is 3.17. The number of aromatic nitrogens is 1. The van der Waals surface area contributed by atoms with Crippen molar-refractivity contribution in [2.45, 2.75) is 19.4 Å². The second kappa shape index (κ2) is 8.13. The Bertz CT molecular complexity index is 1030. The van der Waals surface area contributed by atoms with E-state index in [2.05, 4.69) is 4.98 Å². The second-order valence-electron chi connectivity index (χ2n) is 7.03. The molecule has 1 aliphatic rings. The Kier molecular flexibility index (Phi) is 5.40. The number of carbonyl (C=O) groups excluding carboxylic acids is 1. The number of methoxy groups -OCH3 is 1. The monoisotopic (exact) mass is 396 g/mol.